The highest BCUT2D eigenvalue weighted by Gasteiger charge is 2.19. The first-order valence-corrected chi connectivity index (χ1v) is 24.5. The van der Waals surface area contributed by atoms with E-state index in [9.17, 15) is 15.0 Å². The number of unbranched alkanes of at least 4 members (excludes halogenated alkanes) is 27. The van der Waals surface area contributed by atoms with Gasteiger partial charge in [0.25, 0.3) is 0 Å². The second kappa shape index (κ2) is 47.5. The molecule has 0 fully saturated rings. The van der Waals surface area contributed by atoms with Gasteiger partial charge in [-0.2, -0.15) is 0 Å². The molecular formula is C52H95NO3. The number of carbonyl (C=O) groups excluding carboxylic acids is 1. The molecule has 0 saturated heterocycles. The molecule has 3 N–H and O–H groups in total. The van der Waals surface area contributed by atoms with Gasteiger partial charge in [0.1, 0.15) is 0 Å². The third kappa shape index (κ3) is 43.2. The van der Waals surface area contributed by atoms with Crippen molar-refractivity contribution < 1.29 is 15.0 Å². The van der Waals surface area contributed by atoms with E-state index in [1.165, 1.54) is 161 Å². The molecule has 0 aromatic rings. The zero-order valence-electron chi connectivity index (χ0n) is 37.4. The van der Waals surface area contributed by atoms with E-state index >= 15 is 0 Å². The first-order chi connectivity index (χ1) is 27.7. The Labute approximate surface area is 349 Å². The minimum atomic E-state index is -0.686. The second-order valence-corrected chi connectivity index (χ2v) is 16.5. The van der Waals surface area contributed by atoms with E-state index in [1.807, 2.05) is 0 Å². The van der Waals surface area contributed by atoms with Crippen LogP contribution in [0.25, 0.3) is 0 Å². The predicted molar refractivity (Wildman–Crippen MR) is 248 cm³/mol. The molecule has 0 aliphatic rings. The molecule has 0 heterocycles. The fourth-order valence-corrected chi connectivity index (χ4v) is 7.34. The maximum atomic E-state index is 12.4. The summed E-state index contributed by atoms with van der Waals surface area (Å²) in [4.78, 5) is 12.4. The van der Waals surface area contributed by atoms with Gasteiger partial charge in [-0.3, -0.25) is 4.79 Å². The lowest BCUT2D eigenvalue weighted by molar-refractivity contribution is -0.123. The van der Waals surface area contributed by atoms with Crippen molar-refractivity contribution in [1.29, 1.82) is 0 Å². The van der Waals surface area contributed by atoms with E-state index in [1.54, 1.807) is 0 Å². The highest BCUT2D eigenvalue weighted by Crippen LogP contribution is 2.17. The first-order valence-electron chi connectivity index (χ1n) is 24.5. The molecule has 0 spiro atoms. The summed E-state index contributed by atoms with van der Waals surface area (Å²) in [6.45, 7) is 4.23. The van der Waals surface area contributed by atoms with Crippen LogP contribution in [0.2, 0.25) is 0 Å². The Balaban J connectivity index is 3.53. The molecule has 2 atom stereocenters. The first kappa shape index (κ1) is 54.1. The summed E-state index contributed by atoms with van der Waals surface area (Å²) in [5.74, 6) is -0.0873. The second-order valence-electron chi connectivity index (χ2n) is 16.5. The van der Waals surface area contributed by atoms with Crippen LogP contribution in [0.4, 0.5) is 0 Å². The van der Waals surface area contributed by atoms with Crippen LogP contribution in [-0.4, -0.2) is 34.9 Å². The molecule has 1 amide bonds. The van der Waals surface area contributed by atoms with Crippen molar-refractivity contribution in [2.45, 2.75) is 257 Å². The molecule has 56 heavy (non-hydrogen) atoms. The number of rotatable bonds is 44. The van der Waals surface area contributed by atoms with E-state index < -0.39 is 12.1 Å². The van der Waals surface area contributed by atoms with Gasteiger partial charge in [0.2, 0.25) is 5.91 Å². The summed E-state index contributed by atoms with van der Waals surface area (Å²) >= 11 is 0. The number of allylic oxidation sites excluding steroid dienone is 10. The predicted octanol–water partition coefficient (Wildman–Crippen LogP) is 15.7. The van der Waals surface area contributed by atoms with Gasteiger partial charge in [-0.05, 0) is 51.4 Å². The largest absolute Gasteiger partial charge is 0.394 e. The number of amides is 1. The van der Waals surface area contributed by atoms with E-state index in [0.717, 1.165) is 57.8 Å². The molecule has 0 bridgehead atoms. The average Bonchev–Trinajstić information content (AvgIpc) is 3.20. The molecule has 0 radical (unpaired) electrons. The van der Waals surface area contributed by atoms with Crippen LogP contribution in [0.15, 0.2) is 60.8 Å². The van der Waals surface area contributed by atoms with Crippen molar-refractivity contribution in [2.24, 2.45) is 0 Å². The normalized spacial score (nSPS) is 13.4. The lowest BCUT2D eigenvalue weighted by Crippen LogP contribution is -2.45. The number of carbonyl (C=O) groups is 1. The molecule has 0 aromatic heterocycles. The third-order valence-corrected chi connectivity index (χ3v) is 11.0. The summed E-state index contributed by atoms with van der Waals surface area (Å²) in [5.41, 5.74) is 0. The van der Waals surface area contributed by atoms with E-state index in [4.69, 9.17) is 0 Å². The Morgan fingerprint density at radius 1 is 0.446 bits per heavy atom. The molecule has 0 aromatic carbocycles. The Kier molecular flexibility index (Phi) is 45.8. The van der Waals surface area contributed by atoms with Gasteiger partial charge in [-0.15, -0.1) is 0 Å². The summed E-state index contributed by atoms with van der Waals surface area (Å²) in [7, 11) is 0. The van der Waals surface area contributed by atoms with E-state index in [-0.39, 0.29) is 12.5 Å². The summed E-state index contributed by atoms with van der Waals surface area (Å²) in [6.07, 6.45) is 66.2. The van der Waals surface area contributed by atoms with Crippen molar-refractivity contribution in [1.82, 2.24) is 5.32 Å². The lowest BCUT2D eigenvalue weighted by Gasteiger charge is -2.22. The number of aliphatic hydroxyl groups is 2. The van der Waals surface area contributed by atoms with E-state index in [0.29, 0.717) is 12.8 Å². The standard InChI is InChI=1S/C52H95NO3/c1-3-5-7-9-11-13-15-17-19-21-22-23-24-25-26-27-28-29-30-32-33-35-37-39-41-43-45-47-51(55)50(49-54)53-52(56)48-46-44-42-40-38-36-34-31-20-18-16-14-12-10-8-6-4-2/h6,8,12,14,18,20,34,36,40,42,50-51,54-55H,3-5,7,9-11,13,15-17,19,21-33,35,37-39,41,43-49H2,1-2H3,(H,53,56)/b8-6-,14-12-,20-18-,36-34-,42-40-. The smallest absolute Gasteiger partial charge is 0.220 e. The third-order valence-electron chi connectivity index (χ3n) is 11.0. The van der Waals surface area contributed by atoms with Crippen molar-refractivity contribution in [3.05, 3.63) is 60.8 Å². The van der Waals surface area contributed by atoms with Gasteiger partial charge < -0.3 is 15.5 Å². The van der Waals surface area contributed by atoms with Crippen LogP contribution < -0.4 is 5.32 Å². The molecule has 0 saturated carbocycles. The highest BCUT2D eigenvalue weighted by molar-refractivity contribution is 5.76. The zero-order chi connectivity index (χ0) is 40.7. The Bertz CT molecular complexity index is 934. The van der Waals surface area contributed by atoms with Crippen molar-refractivity contribution in [3.63, 3.8) is 0 Å². The summed E-state index contributed by atoms with van der Waals surface area (Å²) < 4.78 is 0. The number of hydrogen-bond donors (Lipinski definition) is 3. The van der Waals surface area contributed by atoms with Crippen LogP contribution in [-0.2, 0) is 4.79 Å². The molecule has 0 aliphatic carbocycles. The van der Waals surface area contributed by atoms with Crippen LogP contribution >= 0.6 is 0 Å². The van der Waals surface area contributed by atoms with Crippen LogP contribution in [0, 0.1) is 0 Å². The molecule has 0 rings (SSSR count). The highest BCUT2D eigenvalue weighted by atomic mass is 16.3. The topological polar surface area (TPSA) is 69.6 Å². The summed E-state index contributed by atoms with van der Waals surface area (Å²) in [6, 6.07) is -0.569. The van der Waals surface area contributed by atoms with Crippen LogP contribution in [0.1, 0.15) is 245 Å². The van der Waals surface area contributed by atoms with Crippen molar-refractivity contribution >= 4 is 5.91 Å². The van der Waals surface area contributed by atoms with Gasteiger partial charge in [0, 0.05) is 6.42 Å². The molecule has 4 nitrogen and oxygen atoms in total. The molecule has 2 unspecified atom stereocenters. The lowest BCUT2D eigenvalue weighted by atomic mass is 10.0. The van der Waals surface area contributed by atoms with Gasteiger partial charge >= 0.3 is 0 Å². The fraction of sp³-hybridized carbons (Fsp3) is 0.788. The quantitative estimate of drug-likeness (QED) is 0.0426. The van der Waals surface area contributed by atoms with Gasteiger partial charge in [0.15, 0.2) is 0 Å². The van der Waals surface area contributed by atoms with Crippen LogP contribution in [0.3, 0.4) is 0 Å². The fourth-order valence-electron chi connectivity index (χ4n) is 7.34. The van der Waals surface area contributed by atoms with Gasteiger partial charge in [0.05, 0.1) is 18.8 Å². The van der Waals surface area contributed by atoms with Gasteiger partial charge in [-0.1, -0.05) is 248 Å². The minimum Gasteiger partial charge on any atom is -0.394 e. The zero-order valence-corrected chi connectivity index (χ0v) is 37.4. The molecule has 0 aliphatic heterocycles. The average molecular weight is 782 g/mol. The molecule has 326 valence electrons. The van der Waals surface area contributed by atoms with Crippen molar-refractivity contribution in [2.75, 3.05) is 6.61 Å². The minimum absolute atomic E-state index is 0.0873. The Morgan fingerprint density at radius 3 is 1.11 bits per heavy atom. The monoisotopic (exact) mass is 782 g/mol. The Morgan fingerprint density at radius 2 is 0.768 bits per heavy atom. The number of aliphatic hydroxyl groups excluding tert-OH is 2. The maximum absolute atomic E-state index is 12.4. The number of nitrogens with one attached hydrogen (secondary N) is 1. The molecular weight excluding hydrogens is 687 g/mol. The number of hydrogen-bond acceptors (Lipinski definition) is 3. The maximum Gasteiger partial charge on any atom is 0.220 e. The van der Waals surface area contributed by atoms with Crippen LogP contribution in [0.5, 0.6) is 0 Å². The SMILES string of the molecule is CC/C=C\C/C=C\C/C=C\C/C=C\C/C=C\CCCC(=O)NC(CO)C(O)CCCCCCCCCCCCCCCCCCCCCCCCCCCCC. The Hall–Kier alpha value is -1.91. The van der Waals surface area contributed by atoms with E-state index in [2.05, 4.69) is 79.9 Å². The molecule has 4 heteroatoms. The van der Waals surface area contributed by atoms with Crippen molar-refractivity contribution in [3.8, 4) is 0 Å². The van der Waals surface area contributed by atoms with Gasteiger partial charge in [-0.25, -0.2) is 0 Å². The summed E-state index contributed by atoms with van der Waals surface area (Å²) in [5, 5.41) is 23.2.